The van der Waals surface area contributed by atoms with Crippen molar-refractivity contribution < 1.29 is 13.5 Å². The number of phenols is 1. The molecule has 0 saturated carbocycles. The molecule has 0 aliphatic rings. The summed E-state index contributed by atoms with van der Waals surface area (Å²) in [6.45, 7) is 1.76. The zero-order valence-electron chi connectivity index (χ0n) is 16.9. The predicted octanol–water partition coefficient (Wildman–Crippen LogP) is 6.42. The van der Waals surface area contributed by atoms with Crippen LogP contribution in [0, 0.1) is 6.92 Å². The minimum absolute atomic E-state index is 0.101. The molecule has 1 heterocycles. The van der Waals surface area contributed by atoms with Gasteiger partial charge in [0.2, 0.25) is 0 Å². The smallest absolute Gasteiger partial charge is 0.262 e. The molecule has 1 aromatic heterocycles. The zero-order chi connectivity index (χ0) is 22.3. The summed E-state index contributed by atoms with van der Waals surface area (Å²) in [6.07, 6.45) is 0. The number of anilines is 1. The Morgan fingerprint density at radius 1 is 0.938 bits per heavy atom. The fourth-order valence-electron chi connectivity index (χ4n) is 3.54. The van der Waals surface area contributed by atoms with Gasteiger partial charge in [0.05, 0.1) is 25.7 Å². The molecule has 5 rings (SSSR count). The maximum atomic E-state index is 13.1. The highest BCUT2D eigenvalue weighted by atomic mass is 32.2. The Bertz CT molecular complexity index is 1540. The SMILES string of the molecule is Cc1ccccc1S(=O)(=O)Nc1cc(Sc2nc3ccccc3s2)c(O)c2ccccc12. The van der Waals surface area contributed by atoms with Gasteiger partial charge in [-0.15, -0.1) is 11.3 Å². The molecule has 5 aromatic rings. The molecule has 0 fully saturated rings. The van der Waals surface area contributed by atoms with Crippen LogP contribution in [0.2, 0.25) is 0 Å². The van der Waals surface area contributed by atoms with Gasteiger partial charge in [0, 0.05) is 10.8 Å². The molecule has 4 aromatic carbocycles. The first-order valence-electron chi connectivity index (χ1n) is 9.79. The van der Waals surface area contributed by atoms with E-state index >= 15 is 0 Å². The van der Waals surface area contributed by atoms with E-state index in [9.17, 15) is 13.5 Å². The van der Waals surface area contributed by atoms with Gasteiger partial charge in [0.1, 0.15) is 5.75 Å². The molecule has 8 heteroatoms. The van der Waals surface area contributed by atoms with Gasteiger partial charge in [-0.05, 0) is 36.8 Å². The number of rotatable bonds is 5. The van der Waals surface area contributed by atoms with Crippen LogP contribution >= 0.6 is 23.1 Å². The molecule has 0 amide bonds. The molecular weight excluding hydrogens is 460 g/mol. The van der Waals surface area contributed by atoms with Crippen molar-refractivity contribution in [1.29, 1.82) is 0 Å². The number of phenolic OH excluding ortho intramolecular Hbond substituents is 1. The fourth-order valence-corrected chi connectivity index (χ4v) is 6.98. The average molecular weight is 479 g/mol. The molecule has 0 spiro atoms. The van der Waals surface area contributed by atoms with E-state index in [4.69, 9.17) is 0 Å². The number of aromatic hydroxyl groups is 1. The normalized spacial score (nSPS) is 11.8. The third-order valence-corrected chi connectivity index (χ3v) is 8.73. The Labute approximate surface area is 193 Å². The van der Waals surface area contributed by atoms with Crippen LogP contribution < -0.4 is 4.72 Å². The van der Waals surface area contributed by atoms with Gasteiger partial charge in [-0.3, -0.25) is 4.72 Å². The van der Waals surface area contributed by atoms with Gasteiger partial charge in [0.25, 0.3) is 10.0 Å². The van der Waals surface area contributed by atoms with Crippen LogP contribution in [0.3, 0.4) is 0 Å². The van der Waals surface area contributed by atoms with Crippen LogP contribution in [0.25, 0.3) is 21.0 Å². The van der Waals surface area contributed by atoms with Crippen LogP contribution in [-0.2, 0) is 10.0 Å². The quantitative estimate of drug-likeness (QED) is 0.285. The molecule has 0 saturated heterocycles. The van der Waals surface area contributed by atoms with Crippen LogP contribution in [-0.4, -0.2) is 18.5 Å². The van der Waals surface area contributed by atoms with Crippen molar-refractivity contribution >= 4 is 59.8 Å². The first-order valence-corrected chi connectivity index (χ1v) is 12.9. The molecule has 0 bridgehead atoms. The lowest BCUT2D eigenvalue weighted by molar-refractivity contribution is 0.469. The summed E-state index contributed by atoms with van der Waals surface area (Å²) < 4.78 is 30.8. The second-order valence-electron chi connectivity index (χ2n) is 7.24. The number of nitrogens with one attached hydrogen (secondary N) is 1. The summed E-state index contributed by atoms with van der Waals surface area (Å²) in [4.78, 5) is 5.38. The van der Waals surface area contributed by atoms with E-state index in [-0.39, 0.29) is 10.6 Å². The summed E-state index contributed by atoms with van der Waals surface area (Å²) in [6, 6.07) is 23.5. The molecule has 0 aliphatic carbocycles. The highest BCUT2D eigenvalue weighted by Crippen LogP contribution is 2.44. The average Bonchev–Trinajstić information content (AvgIpc) is 3.19. The van der Waals surface area contributed by atoms with Crippen LogP contribution in [0.15, 0.2) is 93.0 Å². The van der Waals surface area contributed by atoms with E-state index < -0.39 is 10.0 Å². The van der Waals surface area contributed by atoms with E-state index in [1.165, 1.54) is 23.1 Å². The summed E-state index contributed by atoms with van der Waals surface area (Å²) in [5.74, 6) is 0.101. The third kappa shape index (κ3) is 3.81. The number of para-hydroxylation sites is 1. The van der Waals surface area contributed by atoms with E-state index in [2.05, 4.69) is 9.71 Å². The van der Waals surface area contributed by atoms with Crippen molar-refractivity contribution in [2.45, 2.75) is 21.1 Å². The monoisotopic (exact) mass is 478 g/mol. The largest absolute Gasteiger partial charge is 0.506 e. The summed E-state index contributed by atoms with van der Waals surface area (Å²) in [5.41, 5.74) is 1.96. The molecule has 0 atom stereocenters. The molecule has 0 radical (unpaired) electrons. The standard InChI is InChI=1S/C24H18N2O3S3/c1-15-8-2-7-13-22(15)32(28,29)26-19-14-21(23(27)17-10-4-3-9-16(17)19)31-24-25-18-11-5-6-12-20(18)30-24/h2-14,26-27H,1H3. The Kier molecular flexibility index (Phi) is 5.28. The molecular formula is C24H18N2O3S3. The maximum absolute atomic E-state index is 13.1. The summed E-state index contributed by atoms with van der Waals surface area (Å²) >= 11 is 2.84. The second kappa shape index (κ2) is 8.12. The van der Waals surface area contributed by atoms with E-state index in [1.807, 2.05) is 36.4 Å². The van der Waals surface area contributed by atoms with E-state index in [0.29, 0.717) is 26.9 Å². The molecule has 5 nitrogen and oxygen atoms in total. The van der Waals surface area contributed by atoms with Crippen molar-refractivity contribution in [2.24, 2.45) is 0 Å². The predicted molar refractivity (Wildman–Crippen MR) is 131 cm³/mol. The van der Waals surface area contributed by atoms with Gasteiger partial charge in [0.15, 0.2) is 4.34 Å². The minimum atomic E-state index is -3.81. The molecule has 0 unspecified atom stereocenters. The lowest BCUT2D eigenvalue weighted by Crippen LogP contribution is -2.14. The van der Waals surface area contributed by atoms with Gasteiger partial charge in [-0.1, -0.05) is 66.4 Å². The third-order valence-electron chi connectivity index (χ3n) is 5.08. The maximum Gasteiger partial charge on any atom is 0.262 e. The number of aromatic nitrogens is 1. The molecule has 2 N–H and O–H groups in total. The Hall–Kier alpha value is -3.07. The van der Waals surface area contributed by atoms with Crippen molar-refractivity contribution in [1.82, 2.24) is 4.98 Å². The number of fused-ring (bicyclic) bond motifs is 2. The van der Waals surface area contributed by atoms with Gasteiger partial charge >= 0.3 is 0 Å². The highest BCUT2D eigenvalue weighted by Gasteiger charge is 2.20. The number of sulfonamides is 1. The van der Waals surface area contributed by atoms with Gasteiger partial charge < -0.3 is 5.11 Å². The van der Waals surface area contributed by atoms with Gasteiger partial charge in [-0.25, -0.2) is 13.4 Å². The second-order valence-corrected chi connectivity index (χ2v) is 11.2. The lowest BCUT2D eigenvalue weighted by atomic mass is 10.1. The number of benzene rings is 4. The first-order chi connectivity index (χ1) is 15.4. The van der Waals surface area contributed by atoms with Gasteiger partial charge in [-0.2, -0.15) is 0 Å². The molecule has 32 heavy (non-hydrogen) atoms. The van der Waals surface area contributed by atoms with Crippen molar-refractivity contribution in [3.63, 3.8) is 0 Å². The number of nitrogens with zero attached hydrogens (tertiary/aromatic N) is 1. The number of hydrogen-bond donors (Lipinski definition) is 2. The number of thiazole rings is 1. The Balaban J connectivity index is 1.61. The first kappa shape index (κ1) is 20.8. The Morgan fingerprint density at radius 3 is 2.41 bits per heavy atom. The molecule has 0 aliphatic heterocycles. The Morgan fingerprint density at radius 2 is 1.62 bits per heavy atom. The van der Waals surface area contributed by atoms with Crippen LogP contribution in [0.4, 0.5) is 5.69 Å². The number of aryl methyl sites for hydroxylation is 1. The summed E-state index contributed by atoms with van der Waals surface area (Å²) in [5, 5.41) is 12.1. The minimum Gasteiger partial charge on any atom is -0.506 e. The zero-order valence-corrected chi connectivity index (χ0v) is 19.4. The highest BCUT2D eigenvalue weighted by molar-refractivity contribution is 8.01. The van der Waals surface area contributed by atoms with Crippen LogP contribution in [0.5, 0.6) is 5.75 Å². The molecule has 160 valence electrons. The van der Waals surface area contributed by atoms with E-state index in [0.717, 1.165) is 14.6 Å². The topological polar surface area (TPSA) is 79.3 Å². The van der Waals surface area contributed by atoms with Crippen molar-refractivity contribution in [3.05, 3.63) is 84.4 Å². The van der Waals surface area contributed by atoms with E-state index in [1.54, 1.807) is 49.4 Å². The van der Waals surface area contributed by atoms with Crippen molar-refractivity contribution in [2.75, 3.05) is 4.72 Å². The fraction of sp³-hybridized carbons (Fsp3) is 0.0417. The number of hydrogen-bond acceptors (Lipinski definition) is 6. The van der Waals surface area contributed by atoms with Crippen LogP contribution in [0.1, 0.15) is 5.56 Å². The lowest BCUT2D eigenvalue weighted by Gasteiger charge is -2.15. The summed E-state index contributed by atoms with van der Waals surface area (Å²) in [7, 11) is -3.81. The van der Waals surface area contributed by atoms with Crippen molar-refractivity contribution in [3.8, 4) is 5.75 Å².